The minimum Gasteiger partial charge on any atom is -0.371 e. The van der Waals surface area contributed by atoms with Crippen LogP contribution in [0.15, 0.2) is 23.1 Å². The maximum atomic E-state index is 13.9. The summed E-state index contributed by atoms with van der Waals surface area (Å²) in [7, 11) is 1.39. The average Bonchev–Trinajstić information content (AvgIpc) is 2.77. The van der Waals surface area contributed by atoms with Crippen molar-refractivity contribution in [2.45, 2.75) is 62.7 Å². The van der Waals surface area contributed by atoms with Gasteiger partial charge in [-0.2, -0.15) is 0 Å². The van der Waals surface area contributed by atoms with E-state index in [0.717, 1.165) is 55.9 Å². The molecule has 0 radical (unpaired) electrons. The lowest BCUT2D eigenvalue weighted by atomic mass is 9.49. The molecule has 7 heteroatoms. The van der Waals surface area contributed by atoms with E-state index in [-0.39, 0.29) is 16.2 Å². The number of amides is 1. The largest absolute Gasteiger partial charge is 0.371 e. The normalized spacial score (nSPS) is 31.3. The van der Waals surface area contributed by atoms with E-state index in [2.05, 4.69) is 4.90 Å². The number of nitrogens with zero attached hydrogens (tertiary/aromatic N) is 3. The van der Waals surface area contributed by atoms with Crippen molar-refractivity contribution in [1.82, 2.24) is 9.21 Å². The topological polar surface area (TPSA) is 60.9 Å². The van der Waals surface area contributed by atoms with Crippen molar-refractivity contribution < 1.29 is 13.2 Å². The second-order valence-electron chi connectivity index (χ2n) is 11.6. The van der Waals surface area contributed by atoms with Crippen LogP contribution in [-0.4, -0.2) is 64.3 Å². The molecule has 1 saturated heterocycles. The highest BCUT2D eigenvalue weighted by atomic mass is 32.2. The predicted octanol–water partition coefficient (Wildman–Crippen LogP) is 4.22. The van der Waals surface area contributed by atoms with Gasteiger partial charge in [0.05, 0.1) is 10.5 Å². The second kappa shape index (κ2) is 8.56. The summed E-state index contributed by atoms with van der Waals surface area (Å²) < 4.78 is 26.9. The molecule has 182 valence electrons. The van der Waals surface area contributed by atoms with Crippen molar-refractivity contribution in [3.05, 3.63) is 23.8 Å². The van der Waals surface area contributed by atoms with Gasteiger partial charge in [0.15, 0.2) is 0 Å². The monoisotopic (exact) mass is 473 g/mol. The van der Waals surface area contributed by atoms with E-state index >= 15 is 0 Å². The average molecular weight is 474 g/mol. The zero-order chi connectivity index (χ0) is 23.4. The van der Waals surface area contributed by atoms with E-state index in [1.54, 1.807) is 12.1 Å². The van der Waals surface area contributed by atoms with Crippen LogP contribution in [0.1, 0.15) is 68.1 Å². The lowest BCUT2D eigenvalue weighted by Crippen LogP contribution is -2.51. The Labute approximate surface area is 199 Å². The van der Waals surface area contributed by atoms with Crippen molar-refractivity contribution in [2.75, 3.05) is 45.7 Å². The van der Waals surface area contributed by atoms with Crippen molar-refractivity contribution in [3.8, 4) is 0 Å². The molecule has 6 rings (SSSR count). The fraction of sp³-hybridized carbons (Fsp3) is 0.731. The summed E-state index contributed by atoms with van der Waals surface area (Å²) in [4.78, 5) is 18.2. The number of hydrogen-bond donors (Lipinski definition) is 0. The molecule has 0 aromatic heterocycles. The molecule has 5 fully saturated rings. The second-order valence-corrected chi connectivity index (χ2v) is 13.7. The van der Waals surface area contributed by atoms with Crippen LogP contribution in [0.5, 0.6) is 0 Å². The summed E-state index contributed by atoms with van der Waals surface area (Å²) in [6.07, 6.45) is 11.4. The summed E-state index contributed by atoms with van der Waals surface area (Å²) in [6, 6.07) is 5.14. The predicted molar refractivity (Wildman–Crippen MR) is 131 cm³/mol. The van der Waals surface area contributed by atoms with E-state index in [0.29, 0.717) is 5.56 Å². The number of carbonyl (C=O) groups excluding carboxylic acids is 1. The van der Waals surface area contributed by atoms with Crippen LogP contribution >= 0.6 is 0 Å². The Kier molecular flexibility index (Phi) is 6.01. The van der Waals surface area contributed by atoms with Gasteiger partial charge >= 0.3 is 0 Å². The van der Waals surface area contributed by atoms with Gasteiger partial charge in [-0.3, -0.25) is 4.79 Å². The Bertz CT molecular complexity index is 978. The Hall–Kier alpha value is -1.60. The van der Waals surface area contributed by atoms with Crippen molar-refractivity contribution >= 4 is 21.6 Å². The number of carbonyl (C=O) groups is 1. The Balaban J connectivity index is 1.45. The van der Waals surface area contributed by atoms with E-state index < -0.39 is 10.0 Å². The fourth-order valence-corrected chi connectivity index (χ4v) is 8.66. The van der Waals surface area contributed by atoms with Crippen LogP contribution in [0.2, 0.25) is 0 Å². The highest BCUT2D eigenvalue weighted by molar-refractivity contribution is 7.89. The van der Waals surface area contributed by atoms with Crippen molar-refractivity contribution in [1.29, 1.82) is 0 Å². The molecule has 1 aromatic rings. The molecule has 4 saturated carbocycles. The molecule has 1 heterocycles. The zero-order valence-corrected chi connectivity index (χ0v) is 21.2. The molecule has 0 N–H and O–H groups in total. The van der Waals surface area contributed by atoms with Crippen LogP contribution in [0.4, 0.5) is 5.69 Å². The first kappa shape index (κ1) is 23.2. The number of hydrogen-bond acceptors (Lipinski definition) is 4. The summed E-state index contributed by atoms with van der Waals surface area (Å²) in [5.74, 6) is 2.49. The van der Waals surface area contributed by atoms with Crippen LogP contribution < -0.4 is 4.90 Å². The maximum absolute atomic E-state index is 13.9. The molecular formula is C26H39N3O3S. The fourth-order valence-electron chi connectivity index (χ4n) is 7.73. The third-order valence-electron chi connectivity index (χ3n) is 8.76. The van der Waals surface area contributed by atoms with Crippen LogP contribution in [0, 0.1) is 23.2 Å². The molecule has 33 heavy (non-hydrogen) atoms. The third kappa shape index (κ3) is 4.31. The Morgan fingerprint density at radius 2 is 1.55 bits per heavy atom. The number of piperidine rings is 1. The molecule has 6 nitrogen and oxygen atoms in total. The number of benzene rings is 1. The molecule has 1 aliphatic heterocycles. The van der Waals surface area contributed by atoms with Gasteiger partial charge in [0, 0.05) is 46.5 Å². The van der Waals surface area contributed by atoms with E-state index in [9.17, 15) is 13.2 Å². The minimum absolute atomic E-state index is 0.0397. The standard InChI is InChI=1S/C26H39N3O3S/c1-27(2)33(31,32)22-7-8-24(29-9-5-4-6-10-29)23(14-22)25(30)28(3)18-26-15-19-11-20(16-26)13-21(12-19)17-26/h7-8,14,19-21H,4-6,9-13,15-18H2,1-3H3. The van der Waals surface area contributed by atoms with Crippen LogP contribution in [-0.2, 0) is 10.0 Å². The summed E-state index contributed by atoms with van der Waals surface area (Å²) in [6.45, 7) is 2.62. The minimum atomic E-state index is -3.61. The smallest absolute Gasteiger partial charge is 0.255 e. The Morgan fingerprint density at radius 1 is 0.970 bits per heavy atom. The number of sulfonamides is 1. The Morgan fingerprint density at radius 3 is 2.09 bits per heavy atom. The molecule has 0 unspecified atom stereocenters. The summed E-state index contributed by atoms with van der Waals surface area (Å²) in [5, 5.41) is 0. The summed E-state index contributed by atoms with van der Waals surface area (Å²) in [5.41, 5.74) is 1.68. The first-order valence-electron chi connectivity index (χ1n) is 12.7. The van der Waals surface area contributed by atoms with Gasteiger partial charge in [-0.25, -0.2) is 12.7 Å². The number of rotatable bonds is 6. The van der Waals surface area contributed by atoms with E-state index in [1.807, 2.05) is 18.0 Å². The summed E-state index contributed by atoms with van der Waals surface area (Å²) >= 11 is 0. The van der Waals surface area contributed by atoms with Gasteiger partial charge in [0.1, 0.15) is 0 Å². The van der Waals surface area contributed by atoms with Gasteiger partial charge in [-0.15, -0.1) is 0 Å². The first-order chi connectivity index (χ1) is 15.7. The highest BCUT2D eigenvalue weighted by Crippen LogP contribution is 2.60. The third-order valence-corrected chi connectivity index (χ3v) is 10.6. The molecular weight excluding hydrogens is 434 g/mol. The molecule has 4 bridgehead atoms. The van der Waals surface area contributed by atoms with Crippen molar-refractivity contribution in [2.24, 2.45) is 23.2 Å². The van der Waals surface area contributed by atoms with Crippen LogP contribution in [0.3, 0.4) is 0 Å². The molecule has 1 amide bonds. The quantitative estimate of drug-likeness (QED) is 0.621. The van der Waals surface area contributed by atoms with Gasteiger partial charge in [0.25, 0.3) is 5.91 Å². The van der Waals surface area contributed by atoms with Gasteiger partial charge < -0.3 is 9.80 Å². The van der Waals surface area contributed by atoms with Gasteiger partial charge in [0.2, 0.25) is 10.0 Å². The highest BCUT2D eigenvalue weighted by Gasteiger charge is 2.51. The maximum Gasteiger partial charge on any atom is 0.255 e. The van der Waals surface area contributed by atoms with Crippen molar-refractivity contribution in [3.63, 3.8) is 0 Å². The SMILES string of the molecule is CN(CC12CC3CC(CC(C3)C1)C2)C(=O)c1cc(S(=O)(=O)N(C)C)ccc1N1CCCCC1. The van der Waals surface area contributed by atoms with E-state index in [4.69, 9.17) is 0 Å². The van der Waals surface area contributed by atoms with Gasteiger partial charge in [-0.1, -0.05) is 0 Å². The molecule has 0 atom stereocenters. The van der Waals surface area contributed by atoms with Gasteiger partial charge in [-0.05, 0) is 99.2 Å². The lowest BCUT2D eigenvalue weighted by molar-refractivity contribution is -0.0629. The lowest BCUT2D eigenvalue weighted by Gasteiger charge is -2.57. The zero-order valence-electron chi connectivity index (χ0n) is 20.4. The molecule has 4 aliphatic carbocycles. The number of anilines is 1. The molecule has 5 aliphatic rings. The van der Waals surface area contributed by atoms with E-state index in [1.165, 1.54) is 63.3 Å². The van der Waals surface area contributed by atoms with Crippen LogP contribution in [0.25, 0.3) is 0 Å². The molecule has 0 spiro atoms. The first-order valence-corrected chi connectivity index (χ1v) is 14.2. The molecule has 1 aromatic carbocycles.